The third kappa shape index (κ3) is 8.62. The van der Waals surface area contributed by atoms with Crippen LogP contribution in [-0.4, -0.2) is 45.5 Å². The summed E-state index contributed by atoms with van der Waals surface area (Å²) in [5.74, 6) is -1.57. The van der Waals surface area contributed by atoms with E-state index in [0.29, 0.717) is 6.61 Å². The highest BCUT2D eigenvalue weighted by Crippen LogP contribution is 2.27. The Kier molecular flexibility index (Phi) is 12.0. The number of H-pyrrole nitrogens is 1. The number of hydrogen-bond donors (Lipinski definition) is 4. The number of nitrogens with zero attached hydrogens (tertiary/aromatic N) is 1. The first-order chi connectivity index (χ1) is 16.0. The molecule has 1 aromatic heterocycles. The number of carbonyl (C=O) groups excluding carboxylic acids is 2. The smallest absolute Gasteiger partial charge is 0.326 e. The lowest BCUT2D eigenvalue weighted by Gasteiger charge is -2.17. The van der Waals surface area contributed by atoms with Crippen molar-refractivity contribution in [2.24, 2.45) is 17.6 Å². The van der Waals surface area contributed by atoms with Gasteiger partial charge in [0.2, 0.25) is 5.91 Å². The van der Waals surface area contributed by atoms with E-state index in [9.17, 15) is 14.4 Å². The molecule has 0 bridgehead atoms. The molecule has 1 heterocycles. The molecule has 0 aliphatic rings. The average Bonchev–Trinajstić information content (AvgIpc) is 3.35. The molecule has 9 nitrogen and oxygen atoms in total. The number of nitrogens with two attached hydrogens (primary N) is 1. The number of amides is 1. The van der Waals surface area contributed by atoms with Crippen molar-refractivity contribution < 1.29 is 24.2 Å². The van der Waals surface area contributed by atoms with Gasteiger partial charge in [-0.15, -0.1) is 0 Å². The molecule has 0 spiro atoms. The van der Waals surface area contributed by atoms with Crippen LogP contribution in [0.3, 0.4) is 0 Å². The lowest BCUT2D eigenvalue weighted by molar-refractivity contribution is -0.149. The molecule has 34 heavy (non-hydrogen) atoms. The molecule has 2 rings (SSSR count). The SMILES string of the molecule is CC(C)C(NC(=O)CN)C(=O)O.CCC(C)C(=O)OCc1cccc([C@H](C)c2cnc[nH]2)c1C. The van der Waals surface area contributed by atoms with Crippen molar-refractivity contribution in [3.63, 3.8) is 0 Å². The molecule has 2 aromatic rings. The number of esters is 1. The van der Waals surface area contributed by atoms with Gasteiger partial charge in [0.25, 0.3) is 0 Å². The van der Waals surface area contributed by atoms with Crippen molar-refractivity contribution >= 4 is 17.8 Å². The van der Waals surface area contributed by atoms with Gasteiger partial charge in [-0.1, -0.05) is 52.8 Å². The summed E-state index contributed by atoms with van der Waals surface area (Å²) in [6.45, 7) is 11.7. The monoisotopic (exact) mass is 474 g/mol. The van der Waals surface area contributed by atoms with E-state index >= 15 is 0 Å². The number of rotatable bonds is 10. The number of ether oxygens (including phenoxy) is 1. The van der Waals surface area contributed by atoms with Crippen LogP contribution in [0.5, 0.6) is 0 Å². The standard InChI is InChI=1S/C18H24N2O2.C7H14N2O3/c1-5-12(2)18(21)22-10-15-7-6-8-16(13(15)3)14(4)17-9-19-11-20-17;1-4(2)6(7(11)12)9-5(10)3-8/h6-9,11-12,14H,5,10H2,1-4H3,(H,19,20);4,6H,3,8H2,1-2H3,(H,9,10)(H,11,12)/t12?,14-;/m0./s1. The number of hydrogen-bond acceptors (Lipinski definition) is 6. The van der Waals surface area contributed by atoms with Gasteiger partial charge >= 0.3 is 11.9 Å². The van der Waals surface area contributed by atoms with Gasteiger partial charge in [0.1, 0.15) is 12.6 Å². The Balaban J connectivity index is 0.000000411. The lowest BCUT2D eigenvalue weighted by atomic mass is 9.91. The summed E-state index contributed by atoms with van der Waals surface area (Å²) in [5, 5.41) is 10.9. The zero-order valence-electron chi connectivity index (χ0n) is 20.9. The van der Waals surface area contributed by atoms with E-state index in [0.717, 1.165) is 17.7 Å². The van der Waals surface area contributed by atoms with Crippen molar-refractivity contribution in [1.29, 1.82) is 0 Å². The second-order valence-corrected chi connectivity index (χ2v) is 8.61. The number of benzene rings is 1. The van der Waals surface area contributed by atoms with Gasteiger partial charge in [-0.3, -0.25) is 9.59 Å². The first kappa shape index (κ1) is 28.8. The fraction of sp³-hybridized carbons (Fsp3) is 0.520. The summed E-state index contributed by atoms with van der Waals surface area (Å²) < 4.78 is 5.43. The Bertz CT molecular complexity index is 927. The van der Waals surface area contributed by atoms with E-state index in [1.165, 1.54) is 11.1 Å². The minimum atomic E-state index is -1.04. The summed E-state index contributed by atoms with van der Waals surface area (Å²) in [6.07, 6.45) is 4.34. The van der Waals surface area contributed by atoms with Gasteiger partial charge < -0.3 is 25.9 Å². The summed E-state index contributed by atoms with van der Waals surface area (Å²) in [6, 6.07) is 5.30. The second kappa shape index (κ2) is 14.1. The zero-order valence-corrected chi connectivity index (χ0v) is 20.9. The summed E-state index contributed by atoms with van der Waals surface area (Å²) in [7, 11) is 0. The largest absolute Gasteiger partial charge is 0.480 e. The quantitative estimate of drug-likeness (QED) is 0.387. The molecule has 1 aromatic carbocycles. The average molecular weight is 475 g/mol. The minimum Gasteiger partial charge on any atom is -0.480 e. The first-order valence-corrected chi connectivity index (χ1v) is 11.5. The third-order valence-corrected chi connectivity index (χ3v) is 5.76. The van der Waals surface area contributed by atoms with E-state index in [2.05, 4.69) is 35.2 Å². The van der Waals surface area contributed by atoms with Crippen molar-refractivity contribution in [1.82, 2.24) is 15.3 Å². The van der Waals surface area contributed by atoms with Gasteiger partial charge in [0, 0.05) is 17.8 Å². The molecular weight excluding hydrogens is 436 g/mol. The highest BCUT2D eigenvalue weighted by molar-refractivity contribution is 5.84. The van der Waals surface area contributed by atoms with Crippen LogP contribution in [0.15, 0.2) is 30.7 Å². The molecule has 1 amide bonds. The van der Waals surface area contributed by atoms with Crippen LogP contribution in [0.1, 0.15) is 69.3 Å². The van der Waals surface area contributed by atoms with Crippen molar-refractivity contribution in [2.75, 3.05) is 6.54 Å². The Morgan fingerprint density at radius 1 is 1.21 bits per heavy atom. The molecule has 9 heteroatoms. The van der Waals surface area contributed by atoms with Crippen molar-refractivity contribution in [3.05, 3.63) is 53.1 Å². The van der Waals surface area contributed by atoms with Crippen LogP contribution in [0.25, 0.3) is 0 Å². The molecule has 3 atom stereocenters. The van der Waals surface area contributed by atoms with Crippen LogP contribution < -0.4 is 11.1 Å². The van der Waals surface area contributed by atoms with Crippen LogP contribution in [0.2, 0.25) is 0 Å². The number of aromatic amines is 1. The fourth-order valence-electron chi connectivity index (χ4n) is 3.20. The molecule has 0 saturated heterocycles. The van der Waals surface area contributed by atoms with E-state index in [-0.39, 0.29) is 30.3 Å². The number of carboxylic acids is 1. The van der Waals surface area contributed by atoms with Gasteiger partial charge in [-0.25, -0.2) is 9.78 Å². The van der Waals surface area contributed by atoms with Gasteiger partial charge in [0.05, 0.1) is 18.8 Å². The topological polar surface area (TPSA) is 147 Å². The number of carboxylic acid groups (broad SMARTS) is 1. The zero-order chi connectivity index (χ0) is 25.8. The van der Waals surface area contributed by atoms with Crippen molar-refractivity contribution in [2.45, 2.75) is 66.5 Å². The molecule has 2 unspecified atom stereocenters. The number of imidazole rings is 1. The normalized spacial score (nSPS) is 13.3. The molecule has 0 saturated carbocycles. The maximum Gasteiger partial charge on any atom is 0.326 e. The van der Waals surface area contributed by atoms with Crippen LogP contribution >= 0.6 is 0 Å². The van der Waals surface area contributed by atoms with Gasteiger partial charge in [0.15, 0.2) is 0 Å². The molecular formula is C25H38N4O5. The van der Waals surface area contributed by atoms with E-state index in [1.54, 1.807) is 20.2 Å². The summed E-state index contributed by atoms with van der Waals surface area (Å²) in [5.41, 5.74) is 9.54. The van der Waals surface area contributed by atoms with Crippen LogP contribution in [-0.2, 0) is 25.7 Å². The van der Waals surface area contributed by atoms with Gasteiger partial charge in [-0.05, 0) is 36.0 Å². The Morgan fingerprint density at radius 2 is 1.88 bits per heavy atom. The predicted molar refractivity (Wildman–Crippen MR) is 130 cm³/mol. The first-order valence-electron chi connectivity index (χ1n) is 11.5. The number of nitrogens with one attached hydrogen (secondary N) is 2. The lowest BCUT2D eigenvalue weighted by Crippen LogP contribution is -2.46. The van der Waals surface area contributed by atoms with E-state index < -0.39 is 17.9 Å². The Morgan fingerprint density at radius 3 is 2.38 bits per heavy atom. The summed E-state index contributed by atoms with van der Waals surface area (Å²) in [4.78, 5) is 40.3. The highest BCUT2D eigenvalue weighted by atomic mass is 16.5. The number of aromatic nitrogens is 2. The maximum absolute atomic E-state index is 11.8. The van der Waals surface area contributed by atoms with E-state index in [1.807, 2.05) is 32.2 Å². The van der Waals surface area contributed by atoms with Gasteiger partial charge in [-0.2, -0.15) is 0 Å². The molecule has 0 fully saturated rings. The van der Waals surface area contributed by atoms with Crippen LogP contribution in [0, 0.1) is 18.8 Å². The number of carbonyl (C=O) groups is 3. The predicted octanol–water partition coefficient (Wildman–Crippen LogP) is 3.13. The molecule has 5 N–H and O–H groups in total. The van der Waals surface area contributed by atoms with E-state index in [4.69, 9.17) is 15.6 Å². The fourth-order valence-corrected chi connectivity index (χ4v) is 3.20. The third-order valence-electron chi connectivity index (χ3n) is 5.76. The Labute approximate surface area is 201 Å². The van der Waals surface area contributed by atoms with Crippen LogP contribution in [0.4, 0.5) is 0 Å². The summed E-state index contributed by atoms with van der Waals surface area (Å²) >= 11 is 0. The molecule has 0 radical (unpaired) electrons. The second-order valence-electron chi connectivity index (χ2n) is 8.61. The highest BCUT2D eigenvalue weighted by Gasteiger charge is 2.22. The maximum atomic E-state index is 11.8. The molecule has 188 valence electrons. The number of aliphatic carboxylic acids is 1. The minimum absolute atomic E-state index is 0.0487. The molecule has 0 aliphatic carbocycles. The molecule has 0 aliphatic heterocycles. The van der Waals surface area contributed by atoms with Crippen molar-refractivity contribution in [3.8, 4) is 0 Å². The Hall–Kier alpha value is -3.20.